The van der Waals surface area contributed by atoms with E-state index < -0.39 is 23.8 Å². The minimum absolute atomic E-state index is 0.0832. The monoisotopic (exact) mass is 658 g/mol. The molecule has 0 bridgehead atoms. The Morgan fingerprint density at radius 3 is 2.41 bits per heavy atom. The first-order chi connectivity index (χ1) is 20.7. The van der Waals surface area contributed by atoms with E-state index in [9.17, 15) is 13.2 Å². The van der Waals surface area contributed by atoms with E-state index >= 15 is 0 Å². The fourth-order valence-electron chi connectivity index (χ4n) is 5.44. The number of carbonyl (C=O) groups is 1. The number of fused-ring (bicyclic) bond motifs is 1. The van der Waals surface area contributed by atoms with Crippen molar-refractivity contribution in [2.45, 2.75) is 69.9 Å². The number of hydrogen-bond acceptors (Lipinski definition) is 9. The van der Waals surface area contributed by atoms with Gasteiger partial charge in [0.2, 0.25) is 5.91 Å². The van der Waals surface area contributed by atoms with Gasteiger partial charge in [0.25, 0.3) is 10.0 Å². The van der Waals surface area contributed by atoms with E-state index in [1.165, 1.54) is 15.6 Å². The molecule has 1 aromatic carbocycles. The third kappa shape index (κ3) is 6.41. The summed E-state index contributed by atoms with van der Waals surface area (Å²) < 4.78 is 38.0. The molecule has 44 heavy (non-hydrogen) atoms. The molecule has 0 radical (unpaired) electrons. The summed E-state index contributed by atoms with van der Waals surface area (Å²) in [6.45, 7) is 22.7. The van der Waals surface area contributed by atoms with E-state index in [0.717, 1.165) is 16.6 Å². The molecule has 3 aromatic rings. The summed E-state index contributed by atoms with van der Waals surface area (Å²) in [6.07, 6.45) is 0.937. The molecule has 3 heterocycles. The molecular formula is C29H42N8O4S2Si. The van der Waals surface area contributed by atoms with Crippen molar-refractivity contribution < 1.29 is 17.9 Å². The topological polar surface area (TPSA) is 118 Å². The lowest BCUT2D eigenvalue weighted by atomic mass is 10.1. The second kappa shape index (κ2) is 12.1. The Balaban J connectivity index is 1.59. The number of nitrogens with zero attached hydrogens (tertiary/aromatic N) is 8. The van der Waals surface area contributed by atoms with E-state index in [2.05, 4.69) is 39.6 Å². The molecule has 2 aliphatic rings. The van der Waals surface area contributed by atoms with Crippen LogP contribution in [0.1, 0.15) is 31.7 Å². The number of hydrogen-bond donors (Lipinski definition) is 0. The Labute approximate surface area is 264 Å². The number of benzene rings is 1. The van der Waals surface area contributed by atoms with Crippen LogP contribution < -0.4 is 4.90 Å². The van der Waals surface area contributed by atoms with Crippen LogP contribution >= 0.6 is 11.3 Å². The number of aryl methyl sites for hydroxylation is 2. The van der Waals surface area contributed by atoms with Crippen molar-refractivity contribution in [2.75, 3.05) is 44.4 Å². The van der Waals surface area contributed by atoms with Gasteiger partial charge in [-0.25, -0.2) is 15.0 Å². The number of carbonyl (C=O) groups excluding carboxylic acids is 1. The normalized spacial score (nSPS) is 17.1. The van der Waals surface area contributed by atoms with Crippen LogP contribution in [0, 0.1) is 19.4 Å². The quantitative estimate of drug-likeness (QED) is 0.129. The number of rotatable bonds is 11. The second-order valence-electron chi connectivity index (χ2n) is 13.2. The van der Waals surface area contributed by atoms with E-state index in [-0.39, 0.29) is 23.5 Å². The maximum atomic E-state index is 14.5. The second-order valence-corrected chi connectivity index (χ2v) is 21.9. The average molecular weight is 659 g/mol. The zero-order valence-corrected chi connectivity index (χ0v) is 29.3. The van der Waals surface area contributed by atoms with Gasteiger partial charge >= 0.3 is 5.66 Å². The van der Waals surface area contributed by atoms with E-state index in [1.54, 1.807) is 16.8 Å². The SMILES string of the molecule is [C-]#[N+]C1(N(COCC[Si](C)(C)C)S(=O)(=O)c2cc(N3CCN(C(=O)C(C)C)CC3)c3c(c2)c(-c2nnc(C)s2)nn3C)CC1. The van der Waals surface area contributed by atoms with Gasteiger partial charge in [-0.1, -0.05) is 49.1 Å². The van der Waals surface area contributed by atoms with Crippen LogP contribution in [0.4, 0.5) is 5.69 Å². The molecular weight excluding hydrogens is 617 g/mol. The Bertz CT molecular complexity index is 1690. The Hall–Kier alpha value is -2.90. The van der Waals surface area contributed by atoms with Gasteiger partial charge < -0.3 is 14.5 Å². The van der Waals surface area contributed by atoms with Crippen LogP contribution in [-0.2, 0) is 26.6 Å². The van der Waals surface area contributed by atoms with Crippen LogP contribution in [0.15, 0.2) is 17.0 Å². The van der Waals surface area contributed by atoms with Crippen LogP contribution in [0.2, 0.25) is 25.7 Å². The highest BCUT2D eigenvalue weighted by atomic mass is 32.2. The smallest absolute Gasteiger partial charge is 0.303 e. The van der Waals surface area contributed by atoms with Crippen LogP contribution in [0.5, 0.6) is 0 Å². The maximum Gasteiger partial charge on any atom is 0.303 e. The predicted octanol–water partition coefficient (Wildman–Crippen LogP) is 4.42. The molecule has 1 aliphatic heterocycles. The third-order valence-corrected chi connectivity index (χ3v) is 12.6. The molecule has 1 amide bonds. The molecule has 2 fully saturated rings. The van der Waals surface area contributed by atoms with Crippen LogP contribution in [-0.4, -0.2) is 96.8 Å². The fraction of sp³-hybridized carbons (Fsp3) is 0.621. The summed E-state index contributed by atoms with van der Waals surface area (Å²) in [6, 6.07) is 4.25. The number of sulfonamides is 1. The summed E-state index contributed by atoms with van der Waals surface area (Å²) >= 11 is 1.40. The van der Waals surface area contributed by atoms with Crippen molar-refractivity contribution in [2.24, 2.45) is 13.0 Å². The van der Waals surface area contributed by atoms with Crippen molar-refractivity contribution in [1.82, 2.24) is 29.2 Å². The maximum absolute atomic E-state index is 14.5. The van der Waals surface area contributed by atoms with Gasteiger partial charge in [0, 0.05) is 59.2 Å². The lowest BCUT2D eigenvalue weighted by molar-refractivity contribution is -0.134. The van der Waals surface area contributed by atoms with Crippen LogP contribution in [0.3, 0.4) is 0 Å². The van der Waals surface area contributed by atoms with Crippen molar-refractivity contribution >= 4 is 51.9 Å². The lowest BCUT2D eigenvalue weighted by Crippen LogP contribution is -2.50. The number of anilines is 1. The van der Waals surface area contributed by atoms with Gasteiger partial charge in [-0.15, -0.1) is 10.2 Å². The number of ether oxygens (including phenoxy) is 1. The van der Waals surface area contributed by atoms with Crippen molar-refractivity contribution in [1.29, 1.82) is 0 Å². The van der Waals surface area contributed by atoms with Crippen molar-refractivity contribution in [3.8, 4) is 10.7 Å². The summed E-state index contributed by atoms with van der Waals surface area (Å²) in [5.74, 6) is 0.0205. The van der Waals surface area contributed by atoms with E-state index in [0.29, 0.717) is 67.4 Å². The van der Waals surface area contributed by atoms with Crippen molar-refractivity contribution in [3.05, 3.63) is 28.6 Å². The minimum Gasteiger partial charge on any atom is -0.366 e. The number of amides is 1. The van der Waals surface area contributed by atoms with Crippen molar-refractivity contribution in [3.63, 3.8) is 0 Å². The molecule has 5 rings (SSSR count). The Morgan fingerprint density at radius 2 is 1.86 bits per heavy atom. The van der Waals surface area contributed by atoms with E-state index in [1.807, 2.05) is 32.7 Å². The molecule has 1 saturated carbocycles. The molecule has 0 atom stereocenters. The van der Waals surface area contributed by atoms with Crippen LogP contribution in [0.25, 0.3) is 26.4 Å². The molecule has 0 unspecified atom stereocenters. The molecule has 12 nitrogen and oxygen atoms in total. The number of piperazine rings is 1. The molecule has 15 heteroatoms. The van der Waals surface area contributed by atoms with E-state index in [4.69, 9.17) is 16.4 Å². The Morgan fingerprint density at radius 1 is 1.18 bits per heavy atom. The zero-order chi connectivity index (χ0) is 32.0. The highest BCUT2D eigenvalue weighted by Crippen LogP contribution is 2.47. The summed E-state index contributed by atoms with van der Waals surface area (Å²) in [4.78, 5) is 20.5. The summed E-state index contributed by atoms with van der Waals surface area (Å²) in [5.41, 5.74) is 0.917. The fourth-order valence-corrected chi connectivity index (χ4v) is 8.55. The largest absolute Gasteiger partial charge is 0.366 e. The molecule has 0 N–H and O–H groups in total. The molecule has 2 aromatic heterocycles. The van der Waals surface area contributed by atoms with Gasteiger partial charge in [0.1, 0.15) is 17.4 Å². The summed E-state index contributed by atoms with van der Waals surface area (Å²) in [7, 11) is -3.70. The molecule has 1 aliphatic carbocycles. The highest BCUT2D eigenvalue weighted by Gasteiger charge is 2.61. The molecule has 238 valence electrons. The first-order valence-corrected chi connectivity index (χ1v) is 21.0. The molecule has 0 spiro atoms. The zero-order valence-electron chi connectivity index (χ0n) is 26.6. The minimum atomic E-state index is -4.15. The Kier molecular flexibility index (Phi) is 8.95. The first-order valence-electron chi connectivity index (χ1n) is 15.0. The summed E-state index contributed by atoms with van der Waals surface area (Å²) in [5, 5.41) is 15.3. The van der Waals surface area contributed by atoms with Gasteiger partial charge in [0.15, 0.2) is 5.01 Å². The predicted molar refractivity (Wildman–Crippen MR) is 175 cm³/mol. The highest BCUT2D eigenvalue weighted by molar-refractivity contribution is 7.89. The molecule has 1 saturated heterocycles. The van der Waals surface area contributed by atoms with Gasteiger partial charge in [-0.3, -0.25) is 14.3 Å². The first kappa shape index (κ1) is 32.5. The standard InChI is InChI=1S/C29H42N8O4S2Si/c1-20(2)28(38)36-13-11-35(12-14-36)24-18-22(17-23-25(33-34(5)26(23)24)27-32-31-21(3)42-27)43(39,40)37(29(30-4)9-10-29)19-41-15-16-44(6,7)8/h17-18,20H,9-16,19H2,1-3,5-8H3. The van der Waals surface area contributed by atoms with Gasteiger partial charge in [0.05, 0.1) is 28.9 Å². The average Bonchev–Trinajstić information content (AvgIpc) is 3.52. The van der Waals surface area contributed by atoms with Gasteiger partial charge in [-0.05, 0) is 25.1 Å². The number of aromatic nitrogens is 4. The van der Waals surface area contributed by atoms with Gasteiger partial charge in [-0.2, -0.15) is 5.10 Å². The lowest BCUT2D eigenvalue weighted by Gasteiger charge is -2.37. The third-order valence-electron chi connectivity index (χ3n) is 8.21.